The van der Waals surface area contributed by atoms with Crippen LogP contribution in [0.1, 0.15) is 18.5 Å². The van der Waals surface area contributed by atoms with Crippen LogP contribution >= 0.6 is 22.9 Å². The Hall–Kier alpha value is -0.940. The Morgan fingerprint density at radius 3 is 2.85 bits per heavy atom. The summed E-state index contributed by atoms with van der Waals surface area (Å²) in [6.07, 6.45) is 2.48. The van der Waals surface area contributed by atoms with Gasteiger partial charge in [0.15, 0.2) is 0 Å². The number of rotatable bonds is 6. The van der Waals surface area contributed by atoms with Gasteiger partial charge in [0.05, 0.1) is 17.3 Å². The van der Waals surface area contributed by atoms with Gasteiger partial charge in [-0.1, -0.05) is 29.8 Å². The van der Waals surface area contributed by atoms with Crippen molar-refractivity contribution < 1.29 is 5.11 Å². The minimum absolute atomic E-state index is 0.206. The van der Waals surface area contributed by atoms with Crippen molar-refractivity contribution in [3.8, 4) is 10.6 Å². The van der Waals surface area contributed by atoms with Crippen LogP contribution in [0.3, 0.4) is 0 Å². The minimum Gasteiger partial charge on any atom is -0.395 e. The molecule has 3 nitrogen and oxygen atoms in total. The maximum Gasteiger partial charge on any atom is 0.125 e. The summed E-state index contributed by atoms with van der Waals surface area (Å²) < 4.78 is 0. The van der Waals surface area contributed by atoms with Crippen molar-refractivity contribution in [2.45, 2.75) is 25.4 Å². The van der Waals surface area contributed by atoms with Crippen LogP contribution in [-0.4, -0.2) is 34.2 Å². The summed E-state index contributed by atoms with van der Waals surface area (Å²) >= 11 is 7.83. The van der Waals surface area contributed by atoms with Crippen molar-refractivity contribution >= 4 is 22.9 Å². The van der Waals surface area contributed by atoms with Gasteiger partial charge < -0.3 is 5.11 Å². The Morgan fingerprint density at radius 2 is 2.15 bits per heavy atom. The highest BCUT2D eigenvalue weighted by Gasteiger charge is 2.28. The first-order valence-corrected chi connectivity index (χ1v) is 8.08. The number of aliphatic hydroxyl groups excluding tert-OH is 1. The van der Waals surface area contributed by atoms with Gasteiger partial charge in [0.25, 0.3) is 0 Å². The summed E-state index contributed by atoms with van der Waals surface area (Å²) in [6.45, 7) is 1.74. The highest BCUT2D eigenvalue weighted by atomic mass is 35.5. The summed E-state index contributed by atoms with van der Waals surface area (Å²) in [6, 6.07) is 8.42. The number of hydrogen-bond acceptors (Lipinski definition) is 4. The second kappa shape index (κ2) is 6.22. The second-order valence-electron chi connectivity index (χ2n) is 5.05. The van der Waals surface area contributed by atoms with E-state index in [0.717, 1.165) is 34.4 Å². The van der Waals surface area contributed by atoms with Crippen LogP contribution in [0.15, 0.2) is 29.6 Å². The maximum atomic E-state index is 9.13. The average Bonchev–Trinajstić information content (AvgIpc) is 3.20. The number of thiazole rings is 1. The first-order chi connectivity index (χ1) is 9.78. The highest BCUT2D eigenvalue weighted by molar-refractivity contribution is 7.13. The van der Waals surface area contributed by atoms with Crippen molar-refractivity contribution in [3.63, 3.8) is 0 Å². The van der Waals surface area contributed by atoms with Gasteiger partial charge in [-0.3, -0.25) is 4.90 Å². The zero-order chi connectivity index (χ0) is 13.9. The smallest absolute Gasteiger partial charge is 0.125 e. The third-order valence-electron chi connectivity index (χ3n) is 3.47. The van der Waals surface area contributed by atoms with E-state index in [1.807, 2.05) is 24.3 Å². The Kier molecular flexibility index (Phi) is 4.36. The number of hydrogen-bond donors (Lipinski definition) is 1. The van der Waals surface area contributed by atoms with E-state index in [-0.39, 0.29) is 6.61 Å². The molecule has 3 rings (SSSR count). The zero-order valence-corrected chi connectivity index (χ0v) is 12.7. The van der Waals surface area contributed by atoms with Crippen LogP contribution in [0.4, 0.5) is 0 Å². The molecule has 2 aromatic rings. The fourth-order valence-corrected chi connectivity index (χ4v) is 3.44. The largest absolute Gasteiger partial charge is 0.395 e. The topological polar surface area (TPSA) is 36.4 Å². The van der Waals surface area contributed by atoms with Crippen molar-refractivity contribution in [1.29, 1.82) is 0 Å². The van der Waals surface area contributed by atoms with Crippen molar-refractivity contribution in [2.75, 3.05) is 13.2 Å². The summed E-state index contributed by atoms with van der Waals surface area (Å²) in [7, 11) is 0. The molecule has 106 valence electrons. The zero-order valence-electron chi connectivity index (χ0n) is 11.1. The monoisotopic (exact) mass is 308 g/mol. The number of aliphatic hydroxyl groups is 1. The van der Waals surface area contributed by atoms with E-state index in [1.165, 1.54) is 12.8 Å². The van der Waals surface area contributed by atoms with Gasteiger partial charge in [-0.2, -0.15) is 0 Å². The highest BCUT2D eigenvalue weighted by Crippen LogP contribution is 2.32. The fraction of sp³-hybridized carbons (Fsp3) is 0.400. The molecule has 0 saturated heterocycles. The Bertz CT molecular complexity index is 583. The van der Waals surface area contributed by atoms with Gasteiger partial charge in [-0.05, 0) is 18.9 Å². The average molecular weight is 309 g/mol. The summed E-state index contributed by atoms with van der Waals surface area (Å²) in [5, 5.41) is 12.9. The second-order valence-corrected chi connectivity index (χ2v) is 6.31. The number of benzene rings is 1. The first kappa shape index (κ1) is 14.0. The van der Waals surface area contributed by atoms with Crippen LogP contribution < -0.4 is 0 Å². The van der Waals surface area contributed by atoms with E-state index in [0.29, 0.717) is 6.04 Å². The van der Waals surface area contributed by atoms with Gasteiger partial charge in [0.1, 0.15) is 5.01 Å². The summed E-state index contributed by atoms with van der Waals surface area (Å²) in [5.41, 5.74) is 2.05. The molecule has 0 aliphatic heterocycles. The number of nitrogens with zero attached hydrogens (tertiary/aromatic N) is 2. The van der Waals surface area contributed by atoms with E-state index in [2.05, 4.69) is 15.3 Å². The van der Waals surface area contributed by atoms with E-state index < -0.39 is 0 Å². The van der Waals surface area contributed by atoms with Crippen LogP contribution in [0.5, 0.6) is 0 Å². The molecule has 0 bridgehead atoms. The molecule has 1 aliphatic rings. The van der Waals surface area contributed by atoms with E-state index in [4.69, 9.17) is 16.7 Å². The molecular weight excluding hydrogens is 292 g/mol. The summed E-state index contributed by atoms with van der Waals surface area (Å²) in [5.74, 6) is 0. The van der Waals surface area contributed by atoms with Crippen LogP contribution in [0, 0.1) is 0 Å². The molecular formula is C15H17ClN2OS. The standard InChI is InChI=1S/C15H17ClN2OS/c16-14-4-2-1-3-13(14)15-17-11(10-20-15)9-18(7-8-19)12-5-6-12/h1-4,10,12,19H,5-9H2. The first-order valence-electron chi connectivity index (χ1n) is 6.82. The Balaban J connectivity index is 1.75. The van der Waals surface area contributed by atoms with Gasteiger partial charge >= 0.3 is 0 Å². The van der Waals surface area contributed by atoms with Crippen molar-refractivity contribution in [2.24, 2.45) is 0 Å². The third kappa shape index (κ3) is 3.20. The van der Waals surface area contributed by atoms with Crippen LogP contribution in [-0.2, 0) is 6.54 Å². The van der Waals surface area contributed by atoms with Crippen molar-refractivity contribution in [3.05, 3.63) is 40.4 Å². The Morgan fingerprint density at radius 1 is 1.35 bits per heavy atom. The molecule has 0 unspecified atom stereocenters. The lowest BCUT2D eigenvalue weighted by molar-refractivity contribution is 0.182. The van der Waals surface area contributed by atoms with Crippen LogP contribution in [0.25, 0.3) is 10.6 Å². The SMILES string of the molecule is OCCN(Cc1csc(-c2ccccc2Cl)n1)C1CC1. The number of aromatic nitrogens is 1. The molecule has 20 heavy (non-hydrogen) atoms. The molecule has 1 N–H and O–H groups in total. The molecule has 0 amide bonds. The molecule has 1 aliphatic carbocycles. The van der Waals surface area contributed by atoms with Gasteiger partial charge in [-0.15, -0.1) is 11.3 Å². The Labute approximate surface area is 127 Å². The predicted octanol–water partition coefficient (Wildman–Crippen LogP) is 3.42. The molecule has 1 heterocycles. The molecule has 1 fully saturated rings. The molecule has 0 atom stereocenters. The lowest BCUT2D eigenvalue weighted by atomic mass is 10.2. The number of halogens is 1. The molecule has 0 radical (unpaired) electrons. The third-order valence-corrected chi connectivity index (χ3v) is 4.73. The van der Waals surface area contributed by atoms with Gasteiger partial charge in [-0.25, -0.2) is 4.98 Å². The molecule has 1 aromatic carbocycles. The fourth-order valence-electron chi connectivity index (χ4n) is 2.30. The van der Waals surface area contributed by atoms with E-state index in [9.17, 15) is 0 Å². The molecule has 1 aromatic heterocycles. The van der Waals surface area contributed by atoms with Crippen molar-refractivity contribution in [1.82, 2.24) is 9.88 Å². The lowest BCUT2D eigenvalue weighted by Gasteiger charge is -2.19. The van der Waals surface area contributed by atoms with E-state index >= 15 is 0 Å². The molecule has 1 saturated carbocycles. The lowest BCUT2D eigenvalue weighted by Crippen LogP contribution is -2.28. The van der Waals surface area contributed by atoms with E-state index in [1.54, 1.807) is 11.3 Å². The maximum absolute atomic E-state index is 9.13. The summed E-state index contributed by atoms with van der Waals surface area (Å²) in [4.78, 5) is 7.00. The quantitative estimate of drug-likeness (QED) is 0.888. The molecule has 5 heteroatoms. The van der Waals surface area contributed by atoms with Gasteiger partial charge in [0, 0.05) is 30.1 Å². The van der Waals surface area contributed by atoms with Crippen LogP contribution in [0.2, 0.25) is 5.02 Å². The predicted molar refractivity (Wildman–Crippen MR) is 83.1 cm³/mol. The normalized spacial score (nSPS) is 14.9. The molecule has 0 spiro atoms. The minimum atomic E-state index is 0.206. The van der Waals surface area contributed by atoms with Gasteiger partial charge in [0.2, 0.25) is 0 Å².